The number of ketones is 1. The lowest BCUT2D eigenvalue weighted by Crippen LogP contribution is -2.43. The lowest BCUT2D eigenvalue weighted by atomic mass is 10.2. The average Bonchev–Trinajstić information content (AvgIpc) is 2.71. The van der Waals surface area contributed by atoms with Crippen LogP contribution in [-0.4, -0.2) is 54.0 Å². The van der Waals surface area contributed by atoms with Crippen molar-refractivity contribution in [2.45, 2.75) is 26.2 Å². The second-order valence-electron chi connectivity index (χ2n) is 5.91. The van der Waals surface area contributed by atoms with E-state index in [-0.39, 0.29) is 36.3 Å². The normalized spacial score (nSPS) is 10.0. The van der Waals surface area contributed by atoms with Gasteiger partial charge in [0, 0.05) is 12.0 Å². The Bertz CT molecular complexity index is 694. The molecule has 0 saturated carbocycles. The summed E-state index contributed by atoms with van der Waals surface area (Å²) in [5.41, 5.74) is 0.497. The van der Waals surface area contributed by atoms with Gasteiger partial charge < -0.3 is 16.0 Å². The van der Waals surface area contributed by atoms with Crippen molar-refractivity contribution in [3.8, 4) is 0 Å². The molecule has 152 valence electrons. The highest BCUT2D eigenvalue weighted by molar-refractivity contribution is 8.14. The van der Waals surface area contributed by atoms with E-state index in [4.69, 9.17) is 0 Å². The summed E-state index contributed by atoms with van der Waals surface area (Å²) in [7, 11) is 0. The number of carbonyl (C=O) groups is 5. The standard InChI is InChI=1S/C19H25N3O5S/c1-2-3-9-15(23)10-20-16(24)11-21-17(25)12-22-18(26)13-28-19(27)14-7-5-4-6-8-14/h4-8H,2-3,9-13H2,1H3,(H,20,24)(H,21,25)(H,22,26). The van der Waals surface area contributed by atoms with Gasteiger partial charge in [0.25, 0.3) is 0 Å². The lowest BCUT2D eigenvalue weighted by Gasteiger charge is -2.07. The maximum absolute atomic E-state index is 11.9. The average molecular weight is 407 g/mol. The topological polar surface area (TPSA) is 121 Å². The number of hydrogen-bond donors (Lipinski definition) is 3. The molecule has 3 N–H and O–H groups in total. The van der Waals surface area contributed by atoms with Crippen molar-refractivity contribution in [2.24, 2.45) is 0 Å². The molecule has 0 aliphatic rings. The Morgan fingerprint density at radius 2 is 1.39 bits per heavy atom. The third-order valence-corrected chi connectivity index (χ3v) is 4.43. The molecular formula is C19H25N3O5S. The van der Waals surface area contributed by atoms with E-state index < -0.39 is 17.7 Å². The first-order chi connectivity index (χ1) is 13.4. The third kappa shape index (κ3) is 10.5. The molecule has 0 unspecified atom stereocenters. The van der Waals surface area contributed by atoms with E-state index in [9.17, 15) is 24.0 Å². The van der Waals surface area contributed by atoms with Crippen molar-refractivity contribution in [3.63, 3.8) is 0 Å². The van der Waals surface area contributed by atoms with Gasteiger partial charge in [0.1, 0.15) is 0 Å². The van der Waals surface area contributed by atoms with Crippen molar-refractivity contribution >= 4 is 40.4 Å². The van der Waals surface area contributed by atoms with Crippen LogP contribution in [0.5, 0.6) is 0 Å². The largest absolute Gasteiger partial charge is 0.347 e. The summed E-state index contributed by atoms with van der Waals surface area (Å²) in [6.45, 7) is 1.33. The van der Waals surface area contributed by atoms with Crippen LogP contribution in [0.4, 0.5) is 0 Å². The van der Waals surface area contributed by atoms with Crippen LogP contribution in [0, 0.1) is 0 Å². The summed E-state index contributed by atoms with van der Waals surface area (Å²) in [5.74, 6) is -1.65. The first-order valence-corrected chi connectivity index (χ1v) is 9.95. The van der Waals surface area contributed by atoms with Gasteiger partial charge in [-0.25, -0.2) is 0 Å². The Morgan fingerprint density at radius 1 is 0.821 bits per heavy atom. The molecule has 0 heterocycles. The minimum Gasteiger partial charge on any atom is -0.347 e. The maximum atomic E-state index is 11.9. The molecule has 9 heteroatoms. The van der Waals surface area contributed by atoms with Gasteiger partial charge in [-0.1, -0.05) is 55.4 Å². The van der Waals surface area contributed by atoms with E-state index >= 15 is 0 Å². The maximum Gasteiger partial charge on any atom is 0.239 e. The summed E-state index contributed by atoms with van der Waals surface area (Å²) < 4.78 is 0. The predicted molar refractivity (Wildman–Crippen MR) is 107 cm³/mol. The van der Waals surface area contributed by atoms with E-state index in [0.717, 1.165) is 24.6 Å². The quantitative estimate of drug-likeness (QED) is 0.468. The number of benzene rings is 1. The number of unbranched alkanes of at least 4 members (excludes halogenated alkanes) is 1. The monoisotopic (exact) mass is 407 g/mol. The van der Waals surface area contributed by atoms with Crippen molar-refractivity contribution in [2.75, 3.05) is 25.4 Å². The lowest BCUT2D eigenvalue weighted by molar-refractivity contribution is -0.128. The predicted octanol–water partition coefficient (Wildman–Crippen LogP) is 0.668. The van der Waals surface area contributed by atoms with Gasteiger partial charge in [-0.15, -0.1) is 0 Å². The van der Waals surface area contributed by atoms with Crippen LogP contribution in [0.15, 0.2) is 30.3 Å². The van der Waals surface area contributed by atoms with Crippen LogP contribution in [0.1, 0.15) is 36.5 Å². The molecule has 0 atom stereocenters. The minimum absolute atomic E-state index is 0.0574. The van der Waals surface area contributed by atoms with Gasteiger partial charge in [-0.2, -0.15) is 0 Å². The van der Waals surface area contributed by atoms with Gasteiger partial charge in [0.05, 0.1) is 25.4 Å². The number of Topliss-reactive ketones (excluding diaryl/α,β-unsaturated/α-hetero) is 1. The number of amides is 3. The molecule has 28 heavy (non-hydrogen) atoms. The molecule has 0 aliphatic carbocycles. The van der Waals surface area contributed by atoms with E-state index in [1.165, 1.54) is 0 Å². The van der Waals surface area contributed by atoms with E-state index in [1.807, 2.05) is 6.92 Å². The zero-order valence-electron chi connectivity index (χ0n) is 15.8. The summed E-state index contributed by atoms with van der Waals surface area (Å²) >= 11 is 0.844. The summed E-state index contributed by atoms with van der Waals surface area (Å²) in [5, 5.41) is 6.92. The molecule has 0 aromatic heterocycles. The number of rotatable bonds is 12. The number of carbonyl (C=O) groups excluding carboxylic acids is 5. The Hall–Kier alpha value is -2.68. The second kappa shape index (κ2) is 13.5. The highest BCUT2D eigenvalue weighted by Gasteiger charge is 2.11. The fourth-order valence-corrected chi connectivity index (χ4v) is 2.65. The highest BCUT2D eigenvalue weighted by Crippen LogP contribution is 2.11. The second-order valence-corrected chi connectivity index (χ2v) is 6.86. The summed E-state index contributed by atoms with van der Waals surface area (Å²) in [4.78, 5) is 58.2. The number of hydrogen-bond acceptors (Lipinski definition) is 6. The molecule has 0 aliphatic heterocycles. The molecule has 1 aromatic rings. The van der Waals surface area contributed by atoms with Gasteiger partial charge in [-0.3, -0.25) is 24.0 Å². The molecule has 0 radical (unpaired) electrons. The minimum atomic E-state index is -0.541. The molecule has 0 fully saturated rings. The van der Waals surface area contributed by atoms with Crippen molar-refractivity contribution in [1.82, 2.24) is 16.0 Å². The van der Waals surface area contributed by atoms with Crippen molar-refractivity contribution in [3.05, 3.63) is 35.9 Å². The fraction of sp³-hybridized carbons (Fsp3) is 0.421. The molecule has 1 aromatic carbocycles. The van der Waals surface area contributed by atoms with Gasteiger partial charge >= 0.3 is 0 Å². The first-order valence-electron chi connectivity index (χ1n) is 8.96. The molecule has 0 saturated heterocycles. The van der Waals surface area contributed by atoms with Gasteiger partial charge in [0.15, 0.2) is 5.78 Å². The van der Waals surface area contributed by atoms with Crippen LogP contribution < -0.4 is 16.0 Å². The van der Waals surface area contributed by atoms with Crippen molar-refractivity contribution in [1.29, 1.82) is 0 Å². The molecule has 1 rings (SSSR count). The fourth-order valence-electron chi connectivity index (χ4n) is 1.98. The summed E-state index contributed by atoms with van der Waals surface area (Å²) in [6.07, 6.45) is 2.10. The van der Waals surface area contributed by atoms with E-state index in [2.05, 4.69) is 16.0 Å². The van der Waals surface area contributed by atoms with Crippen molar-refractivity contribution < 1.29 is 24.0 Å². The molecule has 3 amide bonds. The van der Waals surface area contributed by atoms with E-state index in [0.29, 0.717) is 12.0 Å². The van der Waals surface area contributed by atoms with Crippen LogP contribution in [0.25, 0.3) is 0 Å². The molecular weight excluding hydrogens is 382 g/mol. The Balaban J connectivity index is 2.15. The Labute approximate surface area is 168 Å². The van der Waals surface area contributed by atoms with Crippen LogP contribution >= 0.6 is 11.8 Å². The molecule has 8 nitrogen and oxygen atoms in total. The summed E-state index contributed by atoms with van der Waals surface area (Å²) in [6, 6.07) is 8.56. The van der Waals surface area contributed by atoms with Gasteiger partial charge in [-0.05, 0) is 6.42 Å². The van der Waals surface area contributed by atoms with E-state index in [1.54, 1.807) is 30.3 Å². The Morgan fingerprint density at radius 3 is 2.00 bits per heavy atom. The Kier molecular flexibility index (Phi) is 11.2. The van der Waals surface area contributed by atoms with Crippen LogP contribution in [0.3, 0.4) is 0 Å². The molecule has 0 spiro atoms. The number of nitrogens with one attached hydrogen (secondary N) is 3. The smallest absolute Gasteiger partial charge is 0.239 e. The van der Waals surface area contributed by atoms with Crippen LogP contribution in [0.2, 0.25) is 0 Å². The third-order valence-electron chi connectivity index (χ3n) is 3.53. The SMILES string of the molecule is CCCCC(=O)CNC(=O)CNC(=O)CNC(=O)CSC(=O)c1ccccc1. The van der Waals surface area contributed by atoms with Crippen LogP contribution in [-0.2, 0) is 19.2 Å². The van der Waals surface area contributed by atoms with Gasteiger partial charge in [0.2, 0.25) is 22.8 Å². The number of thioether (sulfide) groups is 1. The molecule has 0 bridgehead atoms. The highest BCUT2D eigenvalue weighted by atomic mass is 32.2. The zero-order chi connectivity index (χ0) is 20.8. The zero-order valence-corrected chi connectivity index (χ0v) is 16.6. The first kappa shape index (κ1) is 23.4.